The Morgan fingerprint density at radius 1 is 1.08 bits per heavy atom. The van der Waals surface area contributed by atoms with E-state index in [9.17, 15) is 13.2 Å². The topological polar surface area (TPSA) is 12.5 Å². The summed E-state index contributed by atoms with van der Waals surface area (Å²) in [7, 11) is 0. The number of alkyl halides is 4. The van der Waals surface area contributed by atoms with E-state index >= 15 is 0 Å². The number of fused-ring (bicyclic) bond motifs is 2. The van der Waals surface area contributed by atoms with Crippen molar-refractivity contribution in [2.45, 2.75) is 36.1 Å². The van der Waals surface area contributed by atoms with Crippen LogP contribution in [0.2, 0.25) is 0 Å². The first kappa shape index (κ1) is 17.9. The SMILES string of the molecule is FC(F)(F)c1cccc(O[C@H]2C[C@@H]3CN(Cc4ccccc4)[C@H]2[C@@H]3Br)c1. The molecule has 0 N–H and O–H groups in total. The Labute approximate surface area is 159 Å². The Morgan fingerprint density at radius 2 is 1.85 bits per heavy atom. The summed E-state index contributed by atoms with van der Waals surface area (Å²) < 4.78 is 44.8. The average Bonchev–Trinajstić information content (AvgIpc) is 3.06. The van der Waals surface area contributed by atoms with Crippen LogP contribution in [0, 0.1) is 5.92 Å². The maximum Gasteiger partial charge on any atom is 0.416 e. The Kier molecular flexibility index (Phi) is 4.73. The third kappa shape index (κ3) is 3.49. The summed E-state index contributed by atoms with van der Waals surface area (Å²) in [4.78, 5) is 2.68. The first-order chi connectivity index (χ1) is 12.4. The van der Waals surface area contributed by atoms with Gasteiger partial charge in [0.05, 0.1) is 11.6 Å². The van der Waals surface area contributed by atoms with Gasteiger partial charge < -0.3 is 4.74 Å². The second-order valence-electron chi connectivity index (χ2n) is 7.03. The van der Waals surface area contributed by atoms with Crippen molar-refractivity contribution in [2.75, 3.05) is 6.54 Å². The van der Waals surface area contributed by atoms with Crippen LogP contribution in [0.3, 0.4) is 0 Å². The van der Waals surface area contributed by atoms with E-state index in [2.05, 4.69) is 33.0 Å². The van der Waals surface area contributed by atoms with Gasteiger partial charge in [0.1, 0.15) is 11.9 Å². The number of hydrogen-bond donors (Lipinski definition) is 0. The molecule has 4 atom stereocenters. The molecule has 138 valence electrons. The molecule has 2 nitrogen and oxygen atoms in total. The highest BCUT2D eigenvalue weighted by Gasteiger charge is 2.52. The number of benzene rings is 2. The highest BCUT2D eigenvalue weighted by atomic mass is 79.9. The molecule has 1 heterocycles. The smallest absolute Gasteiger partial charge is 0.416 e. The summed E-state index contributed by atoms with van der Waals surface area (Å²) in [6.07, 6.45) is -3.60. The Hall–Kier alpha value is -1.53. The zero-order valence-electron chi connectivity index (χ0n) is 14.0. The predicted octanol–water partition coefficient (Wildman–Crippen LogP) is 5.12. The predicted molar refractivity (Wildman–Crippen MR) is 97.3 cm³/mol. The molecule has 0 spiro atoms. The van der Waals surface area contributed by atoms with Gasteiger partial charge in [-0.15, -0.1) is 0 Å². The summed E-state index contributed by atoms with van der Waals surface area (Å²) in [6, 6.07) is 15.6. The van der Waals surface area contributed by atoms with Crippen LogP contribution in [0.4, 0.5) is 13.2 Å². The normalized spacial score (nSPS) is 28.5. The minimum atomic E-state index is -4.36. The van der Waals surface area contributed by atoms with Gasteiger partial charge in [-0.05, 0) is 36.1 Å². The van der Waals surface area contributed by atoms with Crippen LogP contribution < -0.4 is 4.74 Å². The molecule has 2 fully saturated rings. The summed E-state index contributed by atoms with van der Waals surface area (Å²) in [6.45, 7) is 1.81. The highest BCUT2D eigenvalue weighted by molar-refractivity contribution is 9.09. The first-order valence-electron chi connectivity index (χ1n) is 8.68. The molecule has 6 heteroatoms. The van der Waals surface area contributed by atoms with Crippen molar-refractivity contribution in [2.24, 2.45) is 5.92 Å². The monoisotopic (exact) mass is 425 g/mol. The quantitative estimate of drug-likeness (QED) is 0.630. The van der Waals surface area contributed by atoms with Crippen molar-refractivity contribution in [1.82, 2.24) is 4.90 Å². The third-order valence-corrected chi connectivity index (χ3v) is 6.55. The molecule has 2 aromatic rings. The van der Waals surface area contributed by atoms with Crippen LogP contribution in [-0.2, 0) is 12.7 Å². The van der Waals surface area contributed by atoms with Crippen molar-refractivity contribution in [1.29, 1.82) is 0 Å². The van der Waals surface area contributed by atoms with Gasteiger partial charge in [-0.3, -0.25) is 4.90 Å². The van der Waals surface area contributed by atoms with E-state index < -0.39 is 11.7 Å². The molecule has 1 saturated heterocycles. The highest BCUT2D eigenvalue weighted by Crippen LogP contribution is 2.45. The fraction of sp³-hybridized carbons (Fsp3) is 0.400. The van der Waals surface area contributed by atoms with Gasteiger partial charge in [0, 0.05) is 17.9 Å². The molecule has 1 aliphatic carbocycles. The largest absolute Gasteiger partial charge is 0.489 e. The van der Waals surface area contributed by atoms with E-state index in [1.807, 2.05) is 18.2 Å². The van der Waals surface area contributed by atoms with Crippen molar-refractivity contribution in [3.05, 3.63) is 65.7 Å². The molecule has 4 rings (SSSR count). The maximum atomic E-state index is 12.9. The molecule has 0 aromatic heterocycles. The molecular weight excluding hydrogens is 407 g/mol. The van der Waals surface area contributed by atoms with Gasteiger partial charge in [-0.25, -0.2) is 0 Å². The van der Waals surface area contributed by atoms with Gasteiger partial charge in [0.15, 0.2) is 0 Å². The lowest BCUT2D eigenvalue weighted by Crippen LogP contribution is -2.44. The maximum absolute atomic E-state index is 12.9. The number of ether oxygens (including phenoxy) is 1. The van der Waals surface area contributed by atoms with Gasteiger partial charge in [0.25, 0.3) is 0 Å². The Morgan fingerprint density at radius 3 is 2.54 bits per heavy atom. The molecular formula is C20H19BrF3NO. The van der Waals surface area contributed by atoms with E-state index in [0.29, 0.717) is 10.7 Å². The fourth-order valence-electron chi connectivity index (χ4n) is 4.11. The van der Waals surface area contributed by atoms with Crippen LogP contribution >= 0.6 is 15.9 Å². The van der Waals surface area contributed by atoms with Gasteiger partial charge >= 0.3 is 6.18 Å². The van der Waals surface area contributed by atoms with Crippen LogP contribution in [0.5, 0.6) is 5.75 Å². The summed E-state index contributed by atoms with van der Waals surface area (Å²) in [5.74, 6) is 0.747. The summed E-state index contributed by atoms with van der Waals surface area (Å²) in [5.41, 5.74) is 0.562. The molecule has 26 heavy (non-hydrogen) atoms. The van der Waals surface area contributed by atoms with Crippen LogP contribution in [-0.4, -0.2) is 28.4 Å². The number of hydrogen-bond acceptors (Lipinski definition) is 2. The summed E-state index contributed by atoms with van der Waals surface area (Å²) in [5, 5.41) is 0. The van der Waals surface area contributed by atoms with Crippen LogP contribution in [0.15, 0.2) is 54.6 Å². The third-order valence-electron chi connectivity index (χ3n) is 5.26. The second kappa shape index (κ2) is 6.89. The number of piperidine rings is 1. The molecule has 1 aliphatic heterocycles. The molecule has 0 amide bonds. The van der Waals surface area contributed by atoms with Crippen molar-refractivity contribution < 1.29 is 17.9 Å². The second-order valence-corrected chi connectivity index (χ2v) is 8.09. The molecule has 0 unspecified atom stereocenters. The summed E-state index contributed by atoms with van der Waals surface area (Å²) >= 11 is 3.78. The first-order valence-corrected chi connectivity index (χ1v) is 9.59. The van der Waals surface area contributed by atoms with Gasteiger partial charge in [-0.1, -0.05) is 52.3 Å². The lowest BCUT2D eigenvalue weighted by atomic mass is 10.1. The minimum Gasteiger partial charge on any atom is -0.489 e. The Bertz CT molecular complexity index is 767. The molecule has 0 radical (unpaired) electrons. The standard InChI is InChI=1S/C20H19BrF3NO/c21-18-14-9-17(26-16-8-4-7-15(10-16)20(22,23)24)19(18)25(12-14)11-13-5-2-1-3-6-13/h1-8,10,14,17-19H,9,11-12H2/t14-,17+,18-,19-/m1/s1. The molecule has 2 aromatic carbocycles. The van der Waals surface area contributed by atoms with Crippen LogP contribution in [0.25, 0.3) is 0 Å². The van der Waals surface area contributed by atoms with Crippen LogP contribution in [0.1, 0.15) is 17.5 Å². The fourth-order valence-corrected chi connectivity index (χ4v) is 5.17. The molecule has 2 aliphatic rings. The van der Waals surface area contributed by atoms with Crippen molar-refractivity contribution in [3.63, 3.8) is 0 Å². The molecule has 1 saturated carbocycles. The average molecular weight is 426 g/mol. The number of likely N-dealkylation sites (tertiary alicyclic amines) is 1. The number of nitrogens with zero attached hydrogens (tertiary/aromatic N) is 1. The Balaban J connectivity index is 1.49. The van der Waals surface area contributed by atoms with Gasteiger partial charge in [-0.2, -0.15) is 13.2 Å². The number of halogens is 4. The zero-order valence-corrected chi connectivity index (χ0v) is 15.6. The minimum absolute atomic E-state index is 0.106. The zero-order chi connectivity index (χ0) is 18.3. The van der Waals surface area contributed by atoms with E-state index in [1.165, 1.54) is 11.6 Å². The van der Waals surface area contributed by atoms with E-state index in [4.69, 9.17) is 4.74 Å². The lowest BCUT2D eigenvalue weighted by Gasteiger charge is -2.33. The van der Waals surface area contributed by atoms with E-state index in [1.54, 1.807) is 6.07 Å². The lowest BCUT2D eigenvalue weighted by molar-refractivity contribution is -0.137. The van der Waals surface area contributed by atoms with Crippen molar-refractivity contribution in [3.8, 4) is 5.75 Å². The van der Waals surface area contributed by atoms with Crippen molar-refractivity contribution >= 4 is 15.9 Å². The van der Waals surface area contributed by atoms with E-state index in [0.717, 1.165) is 31.6 Å². The number of rotatable bonds is 4. The van der Waals surface area contributed by atoms with Gasteiger partial charge in [0.2, 0.25) is 0 Å². The van der Waals surface area contributed by atoms with E-state index in [-0.39, 0.29) is 17.9 Å². The molecule has 2 bridgehead atoms.